The fourth-order valence-electron chi connectivity index (χ4n) is 2.24. The Labute approximate surface area is 124 Å². The standard InChI is InChI=1S/C16H21N3O2/c1-5-21-15-7-6-11(2)10-13(15)12(3)18-16(20)14-8-9-17-19(14)4/h6-10,12H,5H2,1-4H3,(H,18,20). The van der Waals surface area contributed by atoms with Crippen molar-refractivity contribution in [2.45, 2.75) is 26.8 Å². The molecule has 0 fully saturated rings. The maximum Gasteiger partial charge on any atom is 0.270 e. The van der Waals surface area contributed by atoms with Crippen molar-refractivity contribution in [3.63, 3.8) is 0 Å². The van der Waals surface area contributed by atoms with Crippen LogP contribution >= 0.6 is 0 Å². The number of rotatable bonds is 5. The lowest BCUT2D eigenvalue weighted by molar-refractivity contribution is 0.0930. The van der Waals surface area contributed by atoms with Gasteiger partial charge in [0, 0.05) is 18.8 Å². The Morgan fingerprint density at radius 1 is 1.43 bits per heavy atom. The van der Waals surface area contributed by atoms with Gasteiger partial charge in [-0.2, -0.15) is 5.10 Å². The van der Waals surface area contributed by atoms with Gasteiger partial charge in [0.25, 0.3) is 5.91 Å². The van der Waals surface area contributed by atoms with E-state index in [-0.39, 0.29) is 11.9 Å². The van der Waals surface area contributed by atoms with Crippen molar-refractivity contribution in [2.24, 2.45) is 7.05 Å². The summed E-state index contributed by atoms with van der Waals surface area (Å²) in [6, 6.07) is 7.54. The summed E-state index contributed by atoms with van der Waals surface area (Å²) >= 11 is 0. The van der Waals surface area contributed by atoms with Gasteiger partial charge in [0.05, 0.1) is 12.6 Å². The molecule has 0 aliphatic heterocycles. The number of ether oxygens (including phenoxy) is 1. The number of carbonyl (C=O) groups excluding carboxylic acids is 1. The van der Waals surface area contributed by atoms with Crippen molar-refractivity contribution in [3.05, 3.63) is 47.3 Å². The van der Waals surface area contributed by atoms with Gasteiger partial charge in [-0.1, -0.05) is 17.7 Å². The van der Waals surface area contributed by atoms with Crippen molar-refractivity contribution in [1.29, 1.82) is 0 Å². The molecule has 5 nitrogen and oxygen atoms in total. The molecule has 1 N–H and O–H groups in total. The third-order valence-electron chi connectivity index (χ3n) is 3.33. The zero-order valence-electron chi connectivity index (χ0n) is 12.9. The summed E-state index contributed by atoms with van der Waals surface area (Å²) in [5, 5.41) is 7.00. The Morgan fingerprint density at radius 3 is 2.81 bits per heavy atom. The molecule has 0 saturated carbocycles. The van der Waals surface area contributed by atoms with Crippen LogP contribution in [0.2, 0.25) is 0 Å². The molecule has 0 aliphatic carbocycles. The van der Waals surface area contributed by atoms with Crippen LogP contribution in [0.15, 0.2) is 30.5 Å². The molecule has 0 spiro atoms. The van der Waals surface area contributed by atoms with Crippen LogP contribution in [0.25, 0.3) is 0 Å². The molecule has 21 heavy (non-hydrogen) atoms. The average molecular weight is 287 g/mol. The number of aromatic nitrogens is 2. The third-order valence-corrected chi connectivity index (χ3v) is 3.33. The molecule has 1 amide bonds. The molecule has 1 heterocycles. The molecule has 2 aromatic rings. The molecular formula is C16H21N3O2. The van der Waals surface area contributed by atoms with Gasteiger partial charge in [0.2, 0.25) is 0 Å². The number of carbonyl (C=O) groups is 1. The van der Waals surface area contributed by atoms with E-state index in [9.17, 15) is 4.79 Å². The first-order valence-electron chi connectivity index (χ1n) is 7.05. The molecular weight excluding hydrogens is 266 g/mol. The molecule has 112 valence electrons. The molecule has 1 unspecified atom stereocenters. The fraction of sp³-hybridized carbons (Fsp3) is 0.375. The van der Waals surface area contributed by atoms with Crippen molar-refractivity contribution < 1.29 is 9.53 Å². The summed E-state index contributed by atoms with van der Waals surface area (Å²) in [6.45, 7) is 6.52. The molecule has 5 heteroatoms. The van der Waals surface area contributed by atoms with Gasteiger partial charge in [-0.3, -0.25) is 9.48 Å². The Bertz CT molecular complexity index is 634. The highest BCUT2D eigenvalue weighted by molar-refractivity contribution is 5.92. The predicted octanol–water partition coefficient (Wildman–Crippen LogP) is 2.62. The van der Waals surface area contributed by atoms with Crippen LogP contribution in [0.5, 0.6) is 5.75 Å². The second kappa shape index (κ2) is 6.43. The van der Waals surface area contributed by atoms with E-state index in [4.69, 9.17) is 4.74 Å². The van der Waals surface area contributed by atoms with E-state index < -0.39 is 0 Å². The van der Waals surface area contributed by atoms with Gasteiger partial charge >= 0.3 is 0 Å². The van der Waals surface area contributed by atoms with Crippen LogP contribution in [-0.4, -0.2) is 22.3 Å². The first-order chi connectivity index (χ1) is 10.0. The maximum absolute atomic E-state index is 12.3. The number of hydrogen-bond acceptors (Lipinski definition) is 3. The van der Waals surface area contributed by atoms with Crippen LogP contribution in [0.4, 0.5) is 0 Å². The van der Waals surface area contributed by atoms with Gasteiger partial charge in [-0.25, -0.2) is 0 Å². The Morgan fingerprint density at radius 2 is 2.19 bits per heavy atom. The highest BCUT2D eigenvalue weighted by atomic mass is 16.5. The van der Waals surface area contributed by atoms with Crippen LogP contribution in [0.3, 0.4) is 0 Å². The highest BCUT2D eigenvalue weighted by Gasteiger charge is 2.17. The lowest BCUT2D eigenvalue weighted by Gasteiger charge is -2.18. The lowest BCUT2D eigenvalue weighted by atomic mass is 10.0. The summed E-state index contributed by atoms with van der Waals surface area (Å²) in [5.41, 5.74) is 2.65. The maximum atomic E-state index is 12.3. The number of benzene rings is 1. The third kappa shape index (κ3) is 3.42. The van der Waals surface area contributed by atoms with E-state index in [2.05, 4.69) is 10.4 Å². The average Bonchev–Trinajstić information content (AvgIpc) is 2.87. The number of amides is 1. The molecule has 0 bridgehead atoms. The monoisotopic (exact) mass is 287 g/mol. The summed E-state index contributed by atoms with van der Waals surface area (Å²) in [5.74, 6) is 0.660. The van der Waals surface area contributed by atoms with Crippen LogP contribution in [-0.2, 0) is 7.05 Å². The largest absolute Gasteiger partial charge is 0.494 e. The minimum Gasteiger partial charge on any atom is -0.494 e. The minimum absolute atomic E-state index is 0.145. The van der Waals surface area contributed by atoms with Crippen molar-refractivity contribution >= 4 is 5.91 Å². The van der Waals surface area contributed by atoms with Gasteiger partial charge in [-0.05, 0) is 32.9 Å². The van der Waals surface area contributed by atoms with Crippen molar-refractivity contribution in [3.8, 4) is 5.75 Å². The van der Waals surface area contributed by atoms with E-state index >= 15 is 0 Å². The van der Waals surface area contributed by atoms with E-state index in [1.165, 1.54) is 0 Å². The number of nitrogens with one attached hydrogen (secondary N) is 1. The van der Waals surface area contributed by atoms with E-state index in [1.807, 2.05) is 39.0 Å². The second-order valence-electron chi connectivity index (χ2n) is 5.01. The molecule has 2 rings (SSSR count). The Balaban J connectivity index is 2.20. The normalized spacial score (nSPS) is 12.0. The zero-order chi connectivity index (χ0) is 15.4. The SMILES string of the molecule is CCOc1ccc(C)cc1C(C)NC(=O)c1ccnn1C. The lowest BCUT2D eigenvalue weighted by Crippen LogP contribution is -2.28. The topological polar surface area (TPSA) is 56.1 Å². The van der Waals surface area contributed by atoms with Gasteiger partial charge in [0.1, 0.15) is 11.4 Å². The summed E-state index contributed by atoms with van der Waals surface area (Å²) in [4.78, 5) is 12.3. The van der Waals surface area contributed by atoms with Gasteiger partial charge in [0.15, 0.2) is 0 Å². The van der Waals surface area contributed by atoms with E-state index in [1.54, 1.807) is 24.0 Å². The minimum atomic E-state index is -0.147. The molecule has 0 saturated heterocycles. The summed E-state index contributed by atoms with van der Waals surface area (Å²) in [7, 11) is 1.75. The Hall–Kier alpha value is -2.30. The smallest absolute Gasteiger partial charge is 0.270 e. The highest BCUT2D eigenvalue weighted by Crippen LogP contribution is 2.26. The van der Waals surface area contributed by atoms with Crippen molar-refractivity contribution in [1.82, 2.24) is 15.1 Å². The molecule has 1 atom stereocenters. The van der Waals surface area contributed by atoms with Gasteiger partial charge in [-0.15, -0.1) is 0 Å². The van der Waals surface area contributed by atoms with Crippen molar-refractivity contribution in [2.75, 3.05) is 6.61 Å². The summed E-state index contributed by atoms with van der Waals surface area (Å²) in [6.07, 6.45) is 1.61. The predicted molar refractivity (Wildman–Crippen MR) is 81.4 cm³/mol. The Kier molecular flexibility index (Phi) is 4.62. The quantitative estimate of drug-likeness (QED) is 0.919. The van der Waals surface area contributed by atoms with Crippen LogP contribution in [0.1, 0.15) is 41.5 Å². The molecule has 0 aliphatic rings. The number of aryl methyl sites for hydroxylation is 2. The number of hydrogen-bond donors (Lipinski definition) is 1. The van der Waals surface area contributed by atoms with E-state index in [0.29, 0.717) is 12.3 Å². The summed E-state index contributed by atoms with van der Waals surface area (Å²) < 4.78 is 7.20. The first kappa shape index (κ1) is 15.1. The van der Waals surface area contributed by atoms with E-state index in [0.717, 1.165) is 16.9 Å². The van der Waals surface area contributed by atoms with Crippen LogP contribution < -0.4 is 10.1 Å². The zero-order valence-corrected chi connectivity index (χ0v) is 12.9. The first-order valence-corrected chi connectivity index (χ1v) is 7.05. The molecule has 0 radical (unpaired) electrons. The number of nitrogens with zero attached hydrogens (tertiary/aromatic N) is 2. The fourth-order valence-corrected chi connectivity index (χ4v) is 2.24. The second-order valence-corrected chi connectivity index (χ2v) is 5.01. The van der Waals surface area contributed by atoms with Gasteiger partial charge < -0.3 is 10.1 Å². The van der Waals surface area contributed by atoms with Crippen LogP contribution in [0, 0.1) is 6.92 Å². The molecule has 1 aromatic carbocycles. The molecule has 1 aromatic heterocycles.